The molecule has 2 saturated heterocycles. The van der Waals surface area contributed by atoms with Gasteiger partial charge in [0.15, 0.2) is 5.79 Å². The van der Waals surface area contributed by atoms with E-state index in [2.05, 4.69) is 4.90 Å². The molecule has 1 atom stereocenters. The fourth-order valence-corrected chi connectivity index (χ4v) is 3.54. The first-order chi connectivity index (χ1) is 9.56. The van der Waals surface area contributed by atoms with E-state index in [4.69, 9.17) is 9.47 Å². The molecular formula is C13H18N2O4S. The molecule has 0 N–H and O–H groups in total. The summed E-state index contributed by atoms with van der Waals surface area (Å²) in [5.41, 5.74) is 1.01. The zero-order valence-corrected chi connectivity index (χ0v) is 12.2. The van der Waals surface area contributed by atoms with Crippen LogP contribution in [0.1, 0.15) is 25.3 Å². The minimum Gasteiger partial charge on any atom is -0.347 e. The Morgan fingerprint density at radius 2 is 2.30 bits per heavy atom. The molecule has 6 nitrogen and oxygen atoms in total. The van der Waals surface area contributed by atoms with Crippen molar-refractivity contribution in [2.45, 2.75) is 38.2 Å². The van der Waals surface area contributed by atoms with Crippen LogP contribution in [0.2, 0.25) is 0 Å². The molecule has 3 heterocycles. The summed E-state index contributed by atoms with van der Waals surface area (Å²) >= 11 is 1.19. The van der Waals surface area contributed by atoms with Gasteiger partial charge in [0.1, 0.15) is 0 Å². The van der Waals surface area contributed by atoms with Gasteiger partial charge in [0.25, 0.3) is 0 Å². The maximum Gasteiger partial charge on any atom is 0.324 e. The Labute approximate surface area is 121 Å². The Hall–Kier alpha value is -1.02. The summed E-state index contributed by atoms with van der Waals surface area (Å²) in [4.78, 5) is 12.6. The Morgan fingerprint density at radius 1 is 1.55 bits per heavy atom. The fraction of sp³-hybridized carbons (Fsp3) is 0.692. The van der Waals surface area contributed by atoms with Crippen LogP contribution in [0.3, 0.4) is 0 Å². The van der Waals surface area contributed by atoms with Crippen LogP contribution in [0.5, 0.6) is 0 Å². The summed E-state index contributed by atoms with van der Waals surface area (Å²) < 4.78 is 11.7. The first-order valence-corrected chi connectivity index (χ1v) is 7.70. The van der Waals surface area contributed by atoms with Crippen molar-refractivity contribution >= 4 is 16.3 Å². The monoisotopic (exact) mass is 298 g/mol. The number of hydrogen-bond acceptors (Lipinski definition) is 6. The summed E-state index contributed by atoms with van der Waals surface area (Å²) in [6.45, 7) is 5.27. The molecule has 3 rings (SSSR count). The van der Waals surface area contributed by atoms with E-state index in [-0.39, 0.29) is 21.8 Å². The standard InChI is InChI=1S/C13H18N2O4S/c1-10-8-18-13(19-10)2-4-14(5-3-13)7-11-6-12(15(16)17)20-9-11/h6,9-10H,2-5,7-8H2,1H3/t10-/m0/s1. The number of thiophene rings is 1. The quantitative estimate of drug-likeness (QED) is 0.633. The molecule has 1 aromatic rings. The average Bonchev–Trinajstić information content (AvgIpc) is 3.01. The lowest BCUT2D eigenvalue weighted by Crippen LogP contribution is -2.44. The molecule has 0 radical (unpaired) electrons. The van der Waals surface area contributed by atoms with Gasteiger partial charge in [-0.15, -0.1) is 0 Å². The SMILES string of the molecule is C[C@H]1COC2(CCN(Cc3csc([N+](=O)[O-])c3)CC2)O1. The summed E-state index contributed by atoms with van der Waals surface area (Å²) in [5, 5.41) is 12.8. The zero-order chi connectivity index (χ0) is 14.2. The maximum absolute atomic E-state index is 10.7. The van der Waals surface area contributed by atoms with Crippen LogP contribution in [0, 0.1) is 10.1 Å². The Balaban J connectivity index is 1.54. The van der Waals surface area contributed by atoms with Gasteiger partial charge in [-0.05, 0) is 12.5 Å². The van der Waals surface area contributed by atoms with Gasteiger partial charge in [-0.1, -0.05) is 11.3 Å². The third-order valence-corrected chi connectivity index (χ3v) is 4.77. The minimum absolute atomic E-state index is 0.182. The molecule has 0 amide bonds. The van der Waals surface area contributed by atoms with Gasteiger partial charge < -0.3 is 9.47 Å². The molecule has 1 aromatic heterocycles. The third kappa shape index (κ3) is 2.85. The van der Waals surface area contributed by atoms with E-state index in [1.165, 1.54) is 11.3 Å². The zero-order valence-electron chi connectivity index (χ0n) is 11.4. The van der Waals surface area contributed by atoms with Crippen LogP contribution < -0.4 is 0 Å². The summed E-state index contributed by atoms with van der Waals surface area (Å²) in [6.07, 6.45) is 1.91. The largest absolute Gasteiger partial charge is 0.347 e. The lowest BCUT2D eigenvalue weighted by molar-refractivity contribution is -0.380. The smallest absolute Gasteiger partial charge is 0.324 e. The van der Waals surface area contributed by atoms with Crippen molar-refractivity contribution in [3.05, 3.63) is 27.1 Å². The van der Waals surface area contributed by atoms with Crippen molar-refractivity contribution in [1.82, 2.24) is 4.90 Å². The van der Waals surface area contributed by atoms with Crippen molar-refractivity contribution in [3.63, 3.8) is 0 Å². The Morgan fingerprint density at radius 3 is 2.85 bits per heavy atom. The van der Waals surface area contributed by atoms with E-state index < -0.39 is 0 Å². The Bertz CT molecular complexity index is 496. The van der Waals surface area contributed by atoms with Crippen molar-refractivity contribution in [3.8, 4) is 0 Å². The summed E-state index contributed by atoms with van der Waals surface area (Å²) in [7, 11) is 0. The molecule has 0 saturated carbocycles. The lowest BCUT2D eigenvalue weighted by atomic mass is 10.0. The molecule has 0 unspecified atom stereocenters. The van der Waals surface area contributed by atoms with E-state index in [0.717, 1.165) is 38.0 Å². The first kappa shape index (κ1) is 13.9. The van der Waals surface area contributed by atoms with Crippen molar-refractivity contribution in [2.24, 2.45) is 0 Å². The number of ether oxygens (including phenoxy) is 2. The van der Waals surface area contributed by atoms with Crippen LogP contribution in [0.15, 0.2) is 11.4 Å². The van der Waals surface area contributed by atoms with Crippen molar-refractivity contribution in [2.75, 3.05) is 19.7 Å². The van der Waals surface area contributed by atoms with Gasteiger partial charge in [-0.2, -0.15) is 0 Å². The van der Waals surface area contributed by atoms with Crippen molar-refractivity contribution in [1.29, 1.82) is 0 Å². The molecule has 0 bridgehead atoms. The topological polar surface area (TPSA) is 64.8 Å². The summed E-state index contributed by atoms with van der Waals surface area (Å²) in [5.74, 6) is -0.378. The van der Waals surface area contributed by atoms with Crippen LogP contribution in [-0.2, 0) is 16.0 Å². The predicted octanol–water partition coefficient (Wildman–Crippen LogP) is 2.38. The normalized spacial score (nSPS) is 26.1. The highest BCUT2D eigenvalue weighted by Crippen LogP contribution is 2.34. The van der Waals surface area contributed by atoms with Gasteiger partial charge in [0.05, 0.1) is 17.6 Å². The van der Waals surface area contributed by atoms with Crippen LogP contribution in [-0.4, -0.2) is 41.4 Å². The van der Waals surface area contributed by atoms with Crippen LogP contribution in [0.25, 0.3) is 0 Å². The molecule has 110 valence electrons. The number of piperidine rings is 1. The number of nitrogens with zero attached hydrogens (tertiary/aromatic N) is 2. The van der Waals surface area contributed by atoms with Crippen LogP contribution >= 0.6 is 11.3 Å². The first-order valence-electron chi connectivity index (χ1n) is 6.82. The second kappa shape index (κ2) is 5.40. The number of rotatable bonds is 3. The van der Waals surface area contributed by atoms with Gasteiger partial charge in [-0.3, -0.25) is 15.0 Å². The van der Waals surface area contributed by atoms with E-state index in [1.807, 2.05) is 12.3 Å². The van der Waals surface area contributed by atoms with E-state index in [0.29, 0.717) is 6.61 Å². The molecule has 0 aliphatic carbocycles. The molecule has 0 aromatic carbocycles. The van der Waals surface area contributed by atoms with Gasteiger partial charge in [-0.25, -0.2) is 0 Å². The van der Waals surface area contributed by atoms with Crippen molar-refractivity contribution < 1.29 is 14.4 Å². The van der Waals surface area contributed by atoms with E-state index >= 15 is 0 Å². The molecule has 2 aliphatic rings. The fourth-order valence-electron chi connectivity index (χ4n) is 2.82. The highest BCUT2D eigenvalue weighted by molar-refractivity contribution is 7.13. The highest BCUT2D eigenvalue weighted by atomic mass is 32.1. The molecule has 2 fully saturated rings. The second-order valence-electron chi connectivity index (χ2n) is 5.48. The minimum atomic E-state index is -0.378. The maximum atomic E-state index is 10.7. The summed E-state index contributed by atoms with van der Waals surface area (Å²) in [6, 6.07) is 1.67. The average molecular weight is 298 g/mol. The molecule has 7 heteroatoms. The molecular weight excluding hydrogens is 280 g/mol. The van der Waals surface area contributed by atoms with Gasteiger partial charge >= 0.3 is 5.00 Å². The number of likely N-dealkylation sites (tertiary alicyclic amines) is 1. The Kier molecular flexibility index (Phi) is 3.76. The number of nitro groups is 1. The molecule has 20 heavy (non-hydrogen) atoms. The highest BCUT2D eigenvalue weighted by Gasteiger charge is 2.42. The van der Waals surface area contributed by atoms with Crippen LogP contribution in [0.4, 0.5) is 5.00 Å². The lowest BCUT2D eigenvalue weighted by Gasteiger charge is -2.37. The molecule has 1 spiro atoms. The molecule has 2 aliphatic heterocycles. The number of hydrogen-bond donors (Lipinski definition) is 0. The van der Waals surface area contributed by atoms with Gasteiger partial charge in [0.2, 0.25) is 0 Å². The second-order valence-corrected chi connectivity index (χ2v) is 6.37. The van der Waals surface area contributed by atoms with E-state index in [1.54, 1.807) is 6.07 Å². The van der Waals surface area contributed by atoms with E-state index in [9.17, 15) is 10.1 Å². The third-order valence-electron chi connectivity index (χ3n) is 3.84. The predicted molar refractivity (Wildman–Crippen MR) is 74.7 cm³/mol. The van der Waals surface area contributed by atoms with Gasteiger partial charge in [0, 0.05) is 43.9 Å².